The molecule has 0 saturated carbocycles. The molecular formula is C19H24N2O4S2. The molecule has 6 nitrogen and oxygen atoms in total. The highest BCUT2D eigenvalue weighted by Gasteiger charge is 2.34. The van der Waals surface area contributed by atoms with Gasteiger partial charge in [-0.15, -0.1) is 11.3 Å². The van der Waals surface area contributed by atoms with E-state index in [0.717, 1.165) is 11.3 Å². The number of nitrogens with zero attached hydrogens (tertiary/aromatic N) is 1. The number of nitrogens with one attached hydrogen (secondary N) is 1. The number of piperidine rings is 1. The zero-order valence-electron chi connectivity index (χ0n) is 15.4. The fourth-order valence-corrected chi connectivity index (χ4v) is 6.01. The molecule has 1 aliphatic rings. The van der Waals surface area contributed by atoms with E-state index in [0.29, 0.717) is 23.6 Å². The second kappa shape index (κ2) is 8.41. The number of sulfonamides is 1. The number of rotatable bonds is 6. The molecule has 0 bridgehead atoms. The summed E-state index contributed by atoms with van der Waals surface area (Å²) in [5.74, 6) is 0.237. The summed E-state index contributed by atoms with van der Waals surface area (Å²) in [6, 6.07) is 10.7. The Balaban J connectivity index is 1.68. The zero-order chi connectivity index (χ0) is 19.4. The first-order chi connectivity index (χ1) is 12.9. The topological polar surface area (TPSA) is 75.7 Å². The Labute approximate surface area is 164 Å². The van der Waals surface area contributed by atoms with Crippen molar-refractivity contribution in [3.63, 3.8) is 0 Å². The molecular weight excluding hydrogens is 384 g/mol. The molecule has 1 fully saturated rings. The molecule has 1 N–H and O–H groups in total. The minimum Gasteiger partial charge on any atom is -0.496 e. The van der Waals surface area contributed by atoms with Crippen molar-refractivity contribution in [3.05, 3.63) is 47.3 Å². The molecule has 3 rings (SSSR count). The fraction of sp³-hybridized carbons (Fsp3) is 0.421. The van der Waals surface area contributed by atoms with Crippen molar-refractivity contribution in [1.29, 1.82) is 0 Å². The molecule has 1 saturated heterocycles. The van der Waals surface area contributed by atoms with Gasteiger partial charge in [0.15, 0.2) is 0 Å². The molecule has 2 aromatic rings. The van der Waals surface area contributed by atoms with Gasteiger partial charge < -0.3 is 10.1 Å². The van der Waals surface area contributed by atoms with Gasteiger partial charge in [-0.05, 0) is 37.3 Å². The molecule has 0 spiro atoms. The minimum absolute atomic E-state index is 0.125. The van der Waals surface area contributed by atoms with Crippen LogP contribution in [0.3, 0.4) is 0 Å². The van der Waals surface area contributed by atoms with Crippen LogP contribution in [0, 0.1) is 5.92 Å². The quantitative estimate of drug-likeness (QED) is 0.797. The van der Waals surface area contributed by atoms with Crippen LogP contribution in [0.15, 0.2) is 46.0 Å². The summed E-state index contributed by atoms with van der Waals surface area (Å²) in [6.07, 6.45) is 1.35. The maximum Gasteiger partial charge on any atom is 0.252 e. The highest BCUT2D eigenvalue weighted by Crippen LogP contribution is 2.28. The van der Waals surface area contributed by atoms with E-state index in [1.807, 2.05) is 31.2 Å². The SMILES string of the molecule is COc1ccccc1C(C)NC(=O)C1CCCN(S(=O)(=O)c2cccs2)C1. The van der Waals surface area contributed by atoms with Gasteiger partial charge in [-0.3, -0.25) is 4.79 Å². The number of para-hydroxylation sites is 1. The molecule has 2 unspecified atom stereocenters. The predicted octanol–water partition coefficient (Wildman–Crippen LogP) is 3.03. The number of carbonyl (C=O) groups is 1. The normalized spacial score (nSPS) is 19.4. The maximum absolute atomic E-state index is 12.8. The smallest absolute Gasteiger partial charge is 0.252 e. The summed E-state index contributed by atoms with van der Waals surface area (Å²) < 4.78 is 32.6. The Morgan fingerprint density at radius 3 is 2.78 bits per heavy atom. The van der Waals surface area contributed by atoms with Crippen LogP contribution in [-0.2, 0) is 14.8 Å². The first kappa shape index (κ1) is 19.9. The van der Waals surface area contributed by atoms with Crippen LogP contribution in [0.4, 0.5) is 0 Å². The van der Waals surface area contributed by atoms with Crippen molar-refractivity contribution < 1.29 is 17.9 Å². The molecule has 1 amide bonds. The molecule has 0 radical (unpaired) electrons. The molecule has 1 aliphatic heterocycles. The van der Waals surface area contributed by atoms with E-state index in [1.54, 1.807) is 24.6 Å². The third-order valence-corrected chi connectivity index (χ3v) is 8.05. The molecule has 1 aromatic carbocycles. The number of ether oxygens (including phenoxy) is 1. The molecule has 2 heterocycles. The first-order valence-electron chi connectivity index (χ1n) is 8.90. The van der Waals surface area contributed by atoms with Gasteiger partial charge in [0.1, 0.15) is 9.96 Å². The van der Waals surface area contributed by atoms with E-state index in [2.05, 4.69) is 5.32 Å². The molecule has 1 aromatic heterocycles. The Morgan fingerprint density at radius 1 is 1.30 bits per heavy atom. The van der Waals surface area contributed by atoms with Gasteiger partial charge in [0.05, 0.1) is 19.1 Å². The number of hydrogen-bond donors (Lipinski definition) is 1. The van der Waals surface area contributed by atoms with Crippen molar-refractivity contribution >= 4 is 27.3 Å². The lowest BCUT2D eigenvalue weighted by Crippen LogP contribution is -2.45. The summed E-state index contributed by atoms with van der Waals surface area (Å²) in [5, 5.41) is 4.76. The van der Waals surface area contributed by atoms with E-state index in [4.69, 9.17) is 4.74 Å². The average molecular weight is 409 g/mol. The Morgan fingerprint density at radius 2 is 2.07 bits per heavy atom. The largest absolute Gasteiger partial charge is 0.496 e. The second-order valence-electron chi connectivity index (χ2n) is 6.61. The summed E-state index contributed by atoms with van der Waals surface area (Å²) in [7, 11) is -1.93. The summed E-state index contributed by atoms with van der Waals surface area (Å²) >= 11 is 1.20. The van der Waals surface area contributed by atoms with Crippen molar-refractivity contribution in [2.45, 2.75) is 30.0 Å². The second-order valence-corrected chi connectivity index (χ2v) is 9.72. The highest BCUT2D eigenvalue weighted by atomic mass is 32.2. The van der Waals surface area contributed by atoms with Gasteiger partial charge in [0, 0.05) is 18.7 Å². The van der Waals surface area contributed by atoms with Crippen LogP contribution in [0.5, 0.6) is 5.75 Å². The van der Waals surface area contributed by atoms with Crippen LogP contribution in [0.2, 0.25) is 0 Å². The van der Waals surface area contributed by atoms with Crippen molar-refractivity contribution in [2.75, 3.05) is 20.2 Å². The van der Waals surface area contributed by atoms with Crippen LogP contribution in [-0.4, -0.2) is 38.8 Å². The number of benzene rings is 1. The monoisotopic (exact) mass is 408 g/mol. The van der Waals surface area contributed by atoms with Gasteiger partial charge in [0.2, 0.25) is 5.91 Å². The Kier molecular flexibility index (Phi) is 6.18. The average Bonchev–Trinajstić information content (AvgIpc) is 3.23. The number of methoxy groups -OCH3 is 1. The lowest BCUT2D eigenvalue weighted by Gasteiger charge is -2.31. The standard InChI is InChI=1S/C19H24N2O4S2/c1-14(16-8-3-4-9-17(16)25-2)20-19(22)15-7-5-11-21(13-15)27(23,24)18-10-6-12-26-18/h3-4,6,8-10,12,14-15H,5,7,11,13H2,1-2H3,(H,20,22). The van der Waals surface area contributed by atoms with Crippen molar-refractivity contribution in [1.82, 2.24) is 9.62 Å². The molecule has 0 aliphatic carbocycles. The maximum atomic E-state index is 12.8. The van der Waals surface area contributed by atoms with Crippen LogP contribution >= 0.6 is 11.3 Å². The van der Waals surface area contributed by atoms with E-state index in [1.165, 1.54) is 15.6 Å². The number of amides is 1. The fourth-order valence-electron chi connectivity index (χ4n) is 3.35. The van der Waals surface area contributed by atoms with Gasteiger partial charge in [-0.2, -0.15) is 4.31 Å². The Bertz CT molecular complexity index is 881. The molecule has 2 atom stereocenters. The lowest BCUT2D eigenvalue weighted by molar-refractivity contribution is -0.126. The molecule has 27 heavy (non-hydrogen) atoms. The van der Waals surface area contributed by atoms with Gasteiger partial charge >= 0.3 is 0 Å². The van der Waals surface area contributed by atoms with E-state index in [9.17, 15) is 13.2 Å². The number of hydrogen-bond acceptors (Lipinski definition) is 5. The van der Waals surface area contributed by atoms with E-state index < -0.39 is 10.0 Å². The summed E-state index contributed by atoms with van der Waals surface area (Å²) in [4.78, 5) is 12.8. The minimum atomic E-state index is -3.52. The van der Waals surface area contributed by atoms with Crippen LogP contribution in [0.25, 0.3) is 0 Å². The van der Waals surface area contributed by atoms with E-state index in [-0.39, 0.29) is 24.4 Å². The van der Waals surface area contributed by atoms with Crippen molar-refractivity contribution in [2.24, 2.45) is 5.92 Å². The Hall–Kier alpha value is -1.90. The van der Waals surface area contributed by atoms with Crippen LogP contribution < -0.4 is 10.1 Å². The van der Waals surface area contributed by atoms with Gasteiger partial charge in [-0.25, -0.2) is 8.42 Å². The first-order valence-corrected chi connectivity index (χ1v) is 11.2. The molecule has 146 valence electrons. The number of thiophene rings is 1. The van der Waals surface area contributed by atoms with Gasteiger partial charge in [0.25, 0.3) is 10.0 Å². The summed E-state index contributed by atoms with van der Waals surface area (Å²) in [6.45, 7) is 2.57. The zero-order valence-corrected chi connectivity index (χ0v) is 17.1. The predicted molar refractivity (Wildman–Crippen MR) is 105 cm³/mol. The number of carbonyl (C=O) groups excluding carboxylic acids is 1. The summed E-state index contributed by atoms with van der Waals surface area (Å²) in [5.41, 5.74) is 0.896. The lowest BCUT2D eigenvalue weighted by atomic mass is 9.97. The highest BCUT2D eigenvalue weighted by molar-refractivity contribution is 7.91. The third-order valence-electron chi connectivity index (χ3n) is 4.81. The van der Waals surface area contributed by atoms with Crippen LogP contribution in [0.1, 0.15) is 31.4 Å². The third kappa shape index (κ3) is 4.34. The molecule has 8 heteroatoms. The van der Waals surface area contributed by atoms with Crippen molar-refractivity contribution in [3.8, 4) is 5.75 Å². The van der Waals surface area contributed by atoms with E-state index >= 15 is 0 Å². The van der Waals surface area contributed by atoms with Gasteiger partial charge in [-0.1, -0.05) is 24.3 Å².